The lowest BCUT2D eigenvalue weighted by Crippen LogP contribution is -2.34. The molecule has 0 N–H and O–H groups in total. The van der Waals surface area contributed by atoms with Crippen LogP contribution in [0.15, 0.2) is 23.1 Å². The van der Waals surface area contributed by atoms with Gasteiger partial charge in [0.2, 0.25) is 0 Å². The number of unbranched alkanes of at least 4 members (excludes halogenated alkanes) is 16. The van der Waals surface area contributed by atoms with Gasteiger partial charge in [-0.3, -0.25) is 14.5 Å². The number of carbonyl (C=O) groups is 2. The number of aryl methyl sites for hydroxylation is 1. The number of esters is 1. The van der Waals surface area contributed by atoms with E-state index in [-0.39, 0.29) is 12.5 Å². The minimum absolute atomic E-state index is 0.121. The zero-order valence-electron chi connectivity index (χ0n) is 27.7. The Morgan fingerprint density at radius 2 is 1.45 bits per heavy atom. The Kier molecular flexibility index (Phi) is 18.1. The second-order valence-electron chi connectivity index (χ2n) is 12.6. The number of amides is 1. The predicted molar refractivity (Wildman–Crippen MR) is 192 cm³/mol. The minimum Gasteiger partial charge on any atom is -0.464 e. The maximum Gasteiger partial charge on any atom is 0.326 e. The monoisotopic (exact) mass is 642 g/mol. The average Bonchev–Trinajstić information content (AvgIpc) is 3.28. The van der Waals surface area contributed by atoms with Crippen LogP contribution in [0.25, 0.3) is 6.08 Å². The van der Waals surface area contributed by atoms with Gasteiger partial charge in [-0.05, 0) is 55.0 Å². The van der Waals surface area contributed by atoms with Crippen molar-refractivity contribution in [1.29, 1.82) is 0 Å². The summed E-state index contributed by atoms with van der Waals surface area (Å²) in [7, 11) is 0. The number of rotatable bonds is 23. The molecule has 1 fully saturated rings. The molecule has 5 nitrogen and oxygen atoms in total. The first-order valence-corrected chi connectivity index (χ1v) is 19.0. The van der Waals surface area contributed by atoms with Crippen molar-refractivity contribution in [3.05, 3.63) is 34.2 Å². The number of anilines is 1. The second-order valence-corrected chi connectivity index (χ2v) is 14.3. The second kappa shape index (κ2) is 21.8. The molecule has 0 radical (unpaired) electrons. The fourth-order valence-corrected chi connectivity index (χ4v) is 7.42. The Labute approximate surface area is 277 Å². The molecular weight excluding hydrogens is 585 g/mol. The van der Waals surface area contributed by atoms with Gasteiger partial charge in [0.15, 0.2) is 0 Å². The Hall–Kier alpha value is -1.86. The van der Waals surface area contributed by atoms with E-state index in [0.29, 0.717) is 15.8 Å². The van der Waals surface area contributed by atoms with Crippen LogP contribution >= 0.6 is 24.0 Å². The highest BCUT2D eigenvalue weighted by Gasteiger charge is 2.34. The summed E-state index contributed by atoms with van der Waals surface area (Å²) in [5.41, 5.74) is 3.72. The lowest BCUT2D eigenvalue weighted by molar-refractivity contribution is -0.146. The number of thiocarbonyl (C=S) groups is 1. The van der Waals surface area contributed by atoms with Gasteiger partial charge in [0, 0.05) is 18.8 Å². The van der Waals surface area contributed by atoms with Crippen molar-refractivity contribution in [1.82, 2.24) is 4.90 Å². The third-order valence-electron chi connectivity index (χ3n) is 8.82. The molecule has 0 saturated carbocycles. The van der Waals surface area contributed by atoms with E-state index >= 15 is 0 Å². The van der Waals surface area contributed by atoms with Gasteiger partial charge in [-0.1, -0.05) is 147 Å². The van der Waals surface area contributed by atoms with Gasteiger partial charge in [-0.25, -0.2) is 0 Å². The molecule has 1 amide bonds. The van der Waals surface area contributed by atoms with E-state index in [4.69, 9.17) is 17.0 Å². The molecule has 0 spiro atoms. The number of thioether (sulfide) groups is 1. The molecular formula is C37H58N2O3S2. The number of hydrogen-bond acceptors (Lipinski definition) is 6. The molecule has 1 aromatic rings. The first kappa shape index (κ1) is 36.6. The molecule has 2 aliphatic heterocycles. The van der Waals surface area contributed by atoms with Crippen LogP contribution in [0.2, 0.25) is 0 Å². The summed E-state index contributed by atoms with van der Waals surface area (Å²) in [5.74, 6) is -0.621. The fraction of sp³-hybridized carbons (Fsp3) is 0.703. The van der Waals surface area contributed by atoms with Crippen molar-refractivity contribution >= 4 is 51.9 Å². The fourth-order valence-electron chi connectivity index (χ4n) is 6.16. The van der Waals surface area contributed by atoms with Crippen LogP contribution in [0, 0.1) is 0 Å². The Balaban J connectivity index is 1.32. The Morgan fingerprint density at radius 1 is 0.864 bits per heavy atom. The lowest BCUT2D eigenvalue weighted by Gasteiger charge is -2.31. The first-order valence-electron chi connectivity index (χ1n) is 17.8. The number of hydrogen-bond donors (Lipinski definition) is 0. The molecule has 0 unspecified atom stereocenters. The number of fused-ring (bicyclic) bond motifs is 1. The largest absolute Gasteiger partial charge is 0.464 e. The first-order chi connectivity index (χ1) is 21.5. The molecule has 246 valence electrons. The Bertz CT molecular complexity index is 1060. The van der Waals surface area contributed by atoms with Gasteiger partial charge in [-0.2, -0.15) is 0 Å². The molecule has 0 bridgehead atoms. The maximum absolute atomic E-state index is 13.0. The molecule has 0 aromatic heterocycles. The highest BCUT2D eigenvalue weighted by atomic mass is 32.2. The minimum atomic E-state index is -0.408. The zero-order chi connectivity index (χ0) is 31.4. The summed E-state index contributed by atoms with van der Waals surface area (Å²) >= 11 is 6.67. The van der Waals surface area contributed by atoms with E-state index in [9.17, 15) is 9.59 Å². The maximum atomic E-state index is 13.0. The van der Waals surface area contributed by atoms with Crippen molar-refractivity contribution in [2.75, 3.05) is 31.1 Å². The number of carbonyl (C=O) groups excluding carboxylic acids is 2. The molecule has 0 atom stereocenters. The topological polar surface area (TPSA) is 49.9 Å². The molecule has 44 heavy (non-hydrogen) atoms. The van der Waals surface area contributed by atoms with Crippen molar-refractivity contribution in [3.63, 3.8) is 0 Å². The smallest absolute Gasteiger partial charge is 0.326 e. The summed E-state index contributed by atoms with van der Waals surface area (Å²) in [6.07, 6.45) is 28.3. The van der Waals surface area contributed by atoms with Crippen molar-refractivity contribution in [3.8, 4) is 0 Å². The predicted octanol–water partition coefficient (Wildman–Crippen LogP) is 10.2. The van der Waals surface area contributed by atoms with Gasteiger partial charge < -0.3 is 9.64 Å². The van der Waals surface area contributed by atoms with Gasteiger partial charge in [-0.15, -0.1) is 0 Å². The number of benzene rings is 1. The average molecular weight is 643 g/mol. The lowest BCUT2D eigenvalue weighted by atomic mass is 9.98. The molecule has 0 aliphatic carbocycles. The van der Waals surface area contributed by atoms with Crippen LogP contribution in [0.1, 0.15) is 147 Å². The third-order valence-corrected chi connectivity index (χ3v) is 10.2. The highest BCUT2D eigenvalue weighted by molar-refractivity contribution is 8.26. The standard InChI is InChI=1S/C37H58N2O3S2/c1-3-5-7-8-9-10-11-12-13-14-15-16-17-18-19-20-25-38-26-21-22-32-28-31(23-24-33(32)38)29-34-36(41)39(37(43)44-34)30-35(40)42-27-6-4-2/h23-24,28-29H,3-22,25-27,30H2,1-2H3/b34-29-. The molecule has 1 saturated heterocycles. The van der Waals surface area contributed by atoms with Gasteiger partial charge >= 0.3 is 5.97 Å². The van der Waals surface area contributed by atoms with Gasteiger partial charge in [0.1, 0.15) is 10.9 Å². The van der Waals surface area contributed by atoms with E-state index in [1.165, 1.54) is 131 Å². The summed E-state index contributed by atoms with van der Waals surface area (Å²) in [4.78, 5) is 29.6. The van der Waals surface area contributed by atoms with Gasteiger partial charge in [0.25, 0.3) is 5.91 Å². The van der Waals surface area contributed by atoms with Crippen molar-refractivity contribution < 1.29 is 14.3 Å². The number of ether oxygens (including phenoxy) is 1. The summed E-state index contributed by atoms with van der Waals surface area (Å²) < 4.78 is 5.64. The SMILES string of the molecule is CCCCCCCCCCCCCCCCCCN1CCCc2cc(/C=C3\SC(=S)N(CC(=O)OCCCC)C3=O)ccc21. The van der Waals surface area contributed by atoms with Crippen LogP contribution in [0.4, 0.5) is 5.69 Å². The summed E-state index contributed by atoms with van der Waals surface area (Å²) in [6, 6.07) is 6.55. The van der Waals surface area contributed by atoms with Crippen molar-refractivity contribution in [2.24, 2.45) is 0 Å². The molecule has 1 aromatic carbocycles. The van der Waals surface area contributed by atoms with E-state index in [1.54, 1.807) is 0 Å². The van der Waals surface area contributed by atoms with E-state index in [1.807, 2.05) is 13.0 Å². The van der Waals surface area contributed by atoms with Crippen LogP contribution < -0.4 is 4.90 Å². The van der Waals surface area contributed by atoms with Crippen LogP contribution in [-0.4, -0.2) is 47.3 Å². The van der Waals surface area contributed by atoms with Crippen LogP contribution in [0.3, 0.4) is 0 Å². The van der Waals surface area contributed by atoms with E-state index in [2.05, 4.69) is 30.0 Å². The van der Waals surface area contributed by atoms with Crippen LogP contribution in [-0.2, 0) is 20.7 Å². The van der Waals surface area contributed by atoms with Crippen molar-refractivity contribution in [2.45, 2.75) is 142 Å². The molecule has 2 heterocycles. The Morgan fingerprint density at radius 3 is 2.07 bits per heavy atom. The summed E-state index contributed by atoms with van der Waals surface area (Å²) in [5, 5.41) is 0. The highest BCUT2D eigenvalue weighted by Crippen LogP contribution is 2.34. The van der Waals surface area contributed by atoms with Crippen LogP contribution in [0.5, 0.6) is 0 Å². The molecule has 7 heteroatoms. The van der Waals surface area contributed by atoms with E-state index in [0.717, 1.165) is 44.3 Å². The zero-order valence-corrected chi connectivity index (χ0v) is 29.3. The summed E-state index contributed by atoms with van der Waals surface area (Å²) in [6.45, 7) is 6.84. The normalized spacial score (nSPS) is 15.8. The molecule has 2 aliphatic rings. The van der Waals surface area contributed by atoms with E-state index < -0.39 is 5.97 Å². The van der Waals surface area contributed by atoms with Gasteiger partial charge in [0.05, 0.1) is 11.5 Å². The number of nitrogens with zero attached hydrogens (tertiary/aromatic N) is 2. The third kappa shape index (κ3) is 13.2. The molecule has 3 rings (SSSR count). The quantitative estimate of drug-likeness (QED) is 0.0512.